The summed E-state index contributed by atoms with van der Waals surface area (Å²) < 4.78 is 43.6. The standard InChI is InChI=1S/C12H11F3O2/c1-2-8-17-11(9-16,12(13,14)15)10-6-4-3-5-7-10/h2-7,9H,1,8H2/t11-/m0/s1. The minimum Gasteiger partial charge on any atom is -0.350 e. The van der Waals surface area contributed by atoms with Gasteiger partial charge >= 0.3 is 6.18 Å². The number of ether oxygens (including phenoxy) is 1. The summed E-state index contributed by atoms with van der Waals surface area (Å²) in [6, 6.07) is 6.78. The first-order chi connectivity index (χ1) is 7.98. The van der Waals surface area contributed by atoms with Crippen LogP contribution in [0.15, 0.2) is 43.0 Å². The maximum atomic E-state index is 13.0. The Morgan fingerprint density at radius 1 is 1.24 bits per heavy atom. The number of carbonyl (C=O) groups is 1. The van der Waals surface area contributed by atoms with Crippen molar-refractivity contribution in [3.8, 4) is 0 Å². The van der Waals surface area contributed by atoms with Gasteiger partial charge in [0.2, 0.25) is 5.60 Å². The number of benzene rings is 1. The van der Waals surface area contributed by atoms with Crippen LogP contribution in [0.4, 0.5) is 13.2 Å². The largest absolute Gasteiger partial charge is 0.428 e. The van der Waals surface area contributed by atoms with Crippen LogP contribution < -0.4 is 0 Å². The van der Waals surface area contributed by atoms with Crippen molar-refractivity contribution in [2.45, 2.75) is 11.8 Å². The Bertz CT molecular complexity index is 386. The Kier molecular flexibility index (Phi) is 4.07. The van der Waals surface area contributed by atoms with Crippen LogP contribution >= 0.6 is 0 Å². The Morgan fingerprint density at radius 3 is 2.24 bits per heavy atom. The normalized spacial score (nSPS) is 15.0. The van der Waals surface area contributed by atoms with E-state index < -0.39 is 11.8 Å². The van der Waals surface area contributed by atoms with Crippen LogP contribution in [0.25, 0.3) is 0 Å². The van der Waals surface area contributed by atoms with Crippen LogP contribution in [0.5, 0.6) is 0 Å². The van der Waals surface area contributed by atoms with Crippen molar-refractivity contribution < 1.29 is 22.7 Å². The van der Waals surface area contributed by atoms with E-state index in [2.05, 4.69) is 11.3 Å². The Hall–Kier alpha value is -1.62. The van der Waals surface area contributed by atoms with Crippen LogP contribution in [-0.2, 0) is 15.1 Å². The van der Waals surface area contributed by atoms with E-state index in [1.807, 2.05) is 0 Å². The average molecular weight is 244 g/mol. The molecule has 0 heterocycles. The number of carbonyl (C=O) groups excluding carboxylic acids is 1. The predicted octanol–water partition coefficient (Wildman–Crippen LogP) is 2.85. The van der Waals surface area contributed by atoms with E-state index in [1.54, 1.807) is 6.07 Å². The SMILES string of the molecule is C=CCO[C@@](C=O)(c1ccccc1)C(F)(F)F. The number of hydrogen-bond acceptors (Lipinski definition) is 2. The highest BCUT2D eigenvalue weighted by Gasteiger charge is 2.57. The minimum absolute atomic E-state index is 0.230. The Balaban J connectivity index is 3.26. The van der Waals surface area contributed by atoms with E-state index >= 15 is 0 Å². The molecule has 17 heavy (non-hydrogen) atoms. The Labute approximate surface area is 96.7 Å². The maximum Gasteiger partial charge on any atom is 0.428 e. The van der Waals surface area contributed by atoms with Crippen molar-refractivity contribution in [3.63, 3.8) is 0 Å². The highest BCUT2D eigenvalue weighted by atomic mass is 19.4. The van der Waals surface area contributed by atoms with E-state index in [9.17, 15) is 18.0 Å². The van der Waals surface area contributed by atoms with Crippen molar-refractivity contribution in [1.82, 2.24) is 0 Å². The molecule has 0 spiro atoms. The van der Waals surface area contributed by atoms with Gasteiger partial charge in [0, 0.05) is 5.56 Å². The summed E-state index contributed by atoms with van der Waals surface area (Å²) in [6.07, 6.45) is -3.89. The molecule has 0 saturated heterocycles. The van der Waals surface area contributed by atoms with Gasteiger partial charge in [-0.25, -0.2) is 0 Å². The van der Waals surface area contributed by atoms with Gasteiger partial charge in [0.05, 0.1) is 6.61 Å². The highest BCUT2D eigenvalue weighted by molar-refractivity contribution is 5.67. The lowest BCUT2D eigenvalue weighted by molar-refractivity contribution is -0.263. The lowest BCUT2D eigenvalue weighted by Gasteiger charge is -2.30. The summed E-state index contributed by atoms with van der Waals surface area (Å²) in [4.78, 5) is 10.9. The first-order valence-electron chi connectivity index (χ1n) is 4.81. The summed E-state index contributed by atoms with van der Waals surface area (Å²) in [7, 11) is 0. The number of halogens is 3. The maximum absolute atomic E-state index is 13.0. The van der Waals surface area contributed by atoms with Crippen LogP contribution in [0.2, 0.25) is 0 Å². The number of rotatable bonds is 5. The van der Waals surface area contributed by atoms with Gasteiger partial charge in [-0.1, -0.05) is 36.4 Å². The highest BCUT2D eigenvalue weighted by Crippen LogP contribution is 2.40. The lowest BCUT2D eigenvalue weighted by atomic mass is 9.94. The molecule has 1 atom stereocenters. The van der Waals surface area contributed by atoms with Gasteiger partial charge in [0.25, 0.3) is 0 Å². The molecule has 1 rings (SSSR count). The van der Waals surface area contributed by atoms with Crippen molar-refractivity contribution in [2.75, 3.05) is 6.61 Å². The predicted molar refractivity (Wildman–Crippen MR) is 56.4 cm³/mol. The van der Waals surface area contributed by atoms with Crippen LogP contribution in [-0.4, -0.2) is 19.1 Å². The molecule has 1 aromatic rings. The third-order valence-electron chi connectivity index (χ3n) is 2.22. The zero-order valence-corrected chi connectivity index (χ0v) is 8.91. The van der Waals surface area contributed by atoms with E-state index in [0.29, 0.717) is 0 Å². The molecule has 0 bridgehead atoms. The molecule has 0 fully saturated rings. The molecule has 0 aliphatic rings. The van der Waals surface area contributed by atoms with Crippen LogP contribution in [0.3, 0.4) is 0 Å². The van der Waals surface area contributed by atoms with Crippen LogP contribution in [0.1, 0.15) is 5.56 Å². The van der Waals surface area contributed by atoms with Gasteiger partial charge in [-0.05, 0) is 0 Å². The number of aldehydes is 1. The molecule has 0 amide bonds. The van der Waals surface area contributed by atoms with Crippen molar-refractivity contribution >= 4 is 6.29 Å². The molecule has 0 aromatic heterocycles. The molecular weight excluding hydrogens is 233 g/mol. The topological polar surface area (TPSA) is 26.3 Å². The van der Waals surface area contributed by atoms with E-state index in [-0.39, 0.29) is 18.5 Å². The first kappa shape index (κ1) is 13.4. The second-order valence-electron chi connectivity index (χ2n) is 3.32. The van der Waals surface area contributed by atoms with Gasteiger partial charge < -0.3 is 4.74 Å². The fourth-order valence-electron chi connectivity index (χ4n) is 1.37. The zero-order valence-electron chi connectivity index (χ0n) is 8.91. The quantitative estimate of drug-likeness (QED) is 0.588. The average Bonchev–Trinajstić information content (AvgIpc) is 2.30. The van der Waals surface area contributed by atoms with Crippen molar-refractivity contribution in [2.24, 2.45) is 0 Å². The third-order valence-corrected chi connectivity index (χ3v) is 2.22. The summed E-state index contributed by atoms with van der Waals surface area (Å²) in [6.45, 7) is 2.90. The van der Waals surface area contributed by atoms with Crippen molar-refractivity contribution in [3.05, 3.63) is 48.6 Å². The summed E-state index contributed by atoms with van der Waals surface area (Å²) in [5.74, 6) is 0. The molecule has 2 nitrogen and oxygen atoms in total. The Morgan fingerprint density at radius 2 is 1.82 bits per heavy atom. The van der Waals surface area contributed by atoms with Crippen molar-refractivity contribution in [1.29, 1.82) is 0 Å². The van der Waals surface area contributed by atoms with E-state index in [1.165, 1.54) is 24.3 Å². The lowest BCUT2D eigenvalue weighted by Crippen LogP contribution is -2.46. The molecule has 0 saturated carbocycles. The number of hydrogen-bond donors (Lipinski definition) is 0. The van der Waals surface area contributed by atoms with Gasteiger partial charge in [0.15, 0.2) is 6.29 Å². The van der Waals surface area contributed by atoms with Gasteiger partial charge in [-0.2, -0.15) is 13.2 Å². The van der Waals surface area contributed by atoms with E-state index in [4.69, 9.17) is 0 Å². The third kappa shape index (κ3) is 2.55. The molecule has 0 N–H and O–H groups in total. The second-order valence-corrected chi connectivity index (χ2v) is 3.32. The number of alkyl halides is 3. The molecule has 0 aliphatic carbocycles. The molecule has 0 radical (unpaired) electrons. The molecule has 1 aromatic carbocycles. The smallest absolute Gasteiger partial charge is 0.350 e. The molecular formula is C12H11F3O2. The summed E-state index contributed by atoms with van der Waals surface area (Å²) in [5, 5.41) is 0. The fraction of sp³-hybridized carbons (Fsp3) is 0.250. The minimum atomic E-state index is -4.82. The molecule has 92 valence electrons. The van der Waals surface area contributed by atoms with Crippen LogP contribution in [0, 0.1) is 0 Å². The van der Waals surface area contributed by atoms with Gasteiger partial charge in [-0.3, -0.25) is 4.79 Å². The molecule has 5 heteroatoms. The fourth-order valence-corrected chi connectivity index (χ4v) is 1.37. The summed E-state index contributed by atoms with van der Waals surface area (Å²) in [5.41, 5.74) is -3.17. The first-order valence-corrected chi connectivity index (χ1v) is 4.81. The van der Waals surface area contributed by atoms with Gasteiger partial charge in [-0.15, -0.1) is 6.58 Å². The van der Waals surface area contributed by atoms with Gasteiger partial charge in [0.1, 0.15) is 0 Å². The second kappa shape index (κ2) is 5.14. The summed E-state index contributed by atoms with van der Waals surface area (Å²) >= 11 is 0. The zero-order chi connectivity index (χ0) is 12.9. The molecule has 0 aliphatic heterocycles. The molecule has 0 unspecified atom stereocenters. The monoisotopic (exact) mass is 244 g/mol. The van der Waals surface area contributed by atoms with E-state index in [0.717, 1.165) is 6.08 Å².